The summed E-state index contributed by atoms with van der Waals surface area (Å²) in [5.74, 6) is 0. The fourth-order valence-corrected chi connectivity index (χ4v) is 0.811. The lowest BCUT2D eigenvalue weighted by molar-refractivity contribution is 0.217. The van der Waals surface area contributed by atoms with Gasteiger partial charge in [-0.1, -0.05) is 5.16 Å². The number of hydrogen-bond acceptors (Lipinski definition) is 3. The van der Waals surface area contributed by atoms with Gasteiger partial charge in [0.25, 0.3) is 0 Å². The molecular formula is C8H13N3O2. The Kier molecular flexibility index (Phi) is 2.89. The molecule has 72 valence electrons. The van der Waals surface area contributed by atoms with Gasteiger partial charge in [0.2, 0.25) is 0 Å². The highest BCUT2D eigenvalue weighted by molar-refractivity contribution is 5.73. The second-order valence-electron chi connectivity index (χ2n) is 2.98. The van der Waals surface area contributed by atoms with Gasteiger partial charge in [0.15, 0.2) is 0 Å². The predicted octanol–water partition coefficient (Wildman–Crippen LogP) is 0.754. The zero-order valence-electron chi connectivity index (χ0n) is 8.00. The minimum atomic E-state index is -0.124. The summed E-state index contributed by atoms with van der Waals surface area (Å²) in [4.78, 5) is 12.6. The lowest BCUT2D eigenvalue weighted by atomic mass is 10.3. The molecular weight excluding hydrogens is 170 g/mol. The van der Waals surface area contributed by atoms with Crippen molar-refractivity contribution in [2.75, 3.05) is 14.1 Å². The van der Waals surface area contributed by atoms with Crippen molar-refractivity contribution in [3.8, 4) is 0 Å². The number of amides is 2. The van der Waals surface area contributed by atoms with Crippen LogP contribution in [0.2, 0.25) is 0 Å². The van der Waals surface area contributed by atoms with E-state index in [1.807, 2.05) is 6.92 Å². The van der Waals surface area contributed by atoms with Crippen LogP contribution in [0.1, 0.15) is 11.3 Å². The quantitative estimate of drug-likeness (QED) is 0.736. The van der Waals surface area contributed by atoms with E-state index in [9.17, 15) is 4.79 Å². The van der Waals surface area contributed by atoms with Gasteiger partial charge < -0.3 is 14.7 Å². The van der Waals surface area contributed by atoms with Crippen molar-refractivity contribution in [3.05, 3.63) is 17.5 Å². The number of nitrogens with one attached hydrogen (secondary N) is 1. The Bertz CT molecular complexity index is 293. The first kappa shape index (κ1) is 9.57. The van der Waals surface area contributed by atoms with Crippen LogP contribution in [0.15, 0.2) is 10.8 Å². The molecule has 0 aliphatic rings. The molecule has 1 aromatic rings. The van der Waals surface area contributed by atoms with Crippen molar-refractivity contribution in [1.29, 1.82) is 0 Å². The molecule has 0 saturated carbocycles. The molecule has 1 N–H and O–H groups in total. The smallest absolute Gasteiger partial charge is 0.317 e. The normalized spacial score (nSPS) is 9.77. The van der Waals surface area contributed by atoms with E-state index in [0.29, 0.717) is 6.54 Å². The van der Waals surface area contributed by atoms with Crippen molar-refractivity contribution in [2.24, 2.45) is 0 Å². The maximum atomic E-state index is 11.1. The molecule has 1 heterocycles. The molecule has 0 aliphatic carbocycles. The topological polar surface area (TPSA) is 58.4 Å². The molecule has 1 rings (SSSR count). The molecule has 1 aromatic heterocycles. The number of hydrogen-bond donors (Lipinski definition) is 1. The molecule has 0 spiro atoms. The molecule has 0 atom stereocenters. The molecule has 2 amide bonds. The van der Waals surface area contributed by atoms with E-state index in [1.54, 1.807) is 14.1 Å². The molecule has 0 bridgehead atoms. The standard InChI is InChI=1S/C8H13N3O2/c1-6-7(5-13-10-6)4-9-8(12)11(2)3/h5H,4H2,1-3H3,(H,9,12). The van der Waals surface area contributed by atoms with Gasteiger partial charge in [-0.25, -0.2) is 4.79 Å². The average Bonchev–Trinajstić information content (AvgIpc) is 2.47. The van der Waals surface area contributed by atoms with Crippen LogP contribution in [0.3, 0.4) is 0 Å². The van der Waals surface area contributed by atoms with Gasteiger partial charge in [-0.05, 0) is 6.92 Å². The monoisotopic (exact) mass is 183 g/mol. The first-order chi connectivity index (χ1) is 6.11. The van der Waals surface area contributed by atoms with Crippen LogP contribution in [-0.4, -0.2) is 30.2 Å². The Hall–Kier alpha value is -1.52. The Balaban J connectivity index is 2.44. The first-order valence-corrected chi connectivity index (χ1v) is 3.96. The van der Waals surface area contributed by atoms with E-state index < -0.39 is 0 Å². The molecule has 13 heavy (non-hydrogen) atoms. The molecule has 0 aliphatic heterocycles. The van der Waals surface area contributed by atoms with Crippen LogP contribution in [-0.2, 0) is 6.54 Å². The van der Waals surface area contributed by atoms with E-state index in [-0.39, 0.29) is 6.03 Å². The van der Waals surface area contributed by atoms with E-state index in [0.717, 1.165) is 11.3 Å². The Morgan fingerprint density at radius 3 is 2.85 bits per heavy atom. The second kappa shape index (κ2) is 3.93. The highest BCUT2D eigenvalue weighted by Crippen LogP contribution is 2.03. The lowest BCUT2D eigenvalue weighted by Gasteiger charge is -2.10. The zero-order chi connectivity index (χ0) is 9.84. The number of aryl methyl sites for hydroxylation is 1. The van der Waals surface area contributed by atoms with Crippen molar-refractivity contribution < 1.29 is 9.32 Å². The van der Waals surface area contributed by atoms with Crippen LogP contribution in [0.25, 0.3) is 0 Å². The summed E-state index contributed by atoms with van der Waals surface area (Å²) in [5.41, 5.74) is 1.70. The molecule has 0 saturated heterocycles. The molecule has 0 aromatic carbocycles. The van der Waals surface area contributed by atoms with E-state index in [1.165, 1.54) is 11.2 Å². The lowest BCUT2D eigenvalue weighted by Crippen LogP contribution is -2.33. The summed E-state index contributed by atoms with van der Waals surface area (Å²) < 4.78 is 4.72. The third-order valence-electron chi connectivity index (χ3n) is 1.69. The minimum Gasteiger partial charge on any atom is -0.364 e. The highest BCUT2D eigenvalue weighted by atomic mass is 16.5. The van der Waals surface area contributed by atoms with E-state index in [4.69, 9.17) is 4.52 Å². The molecule has 0 unspecified atom stereocenters. The Morgan fingerprint density at radius 1 is 1.69 bits per heavy atom. The molecule has 5 nitrogen and oxygen atoms in total. The predicted molar refractivity (Wildman–Crippen MR) is 47.2 cm³/mol. The number of aromatic nitrogens is 1. The first-order valence-electron chi connectivity index (χ1n) is 3.96. The summed E-state index contributed by atoms with van der Waals surface area (Å²) in [6.45, 7) is 2.28. The van der Waals surface area contributed by atoms with Crippen LogP contribution < -0.4 is 5.32 Å². The highest BCUT2D eigenvalue weighted by Gasteiger charge is 2.06. The Morgan fingerprint density at radius 2 is 2.38 bits per heavy atom. The van der Waals surface area contributed by atoms with Crippen molar-refractivity contribution in [1.82, 2.24) is 15.4 Å². The average molecular weight is 183 g/mol. The number of nitrogens with zero attached hydrogens (tertiary/aromatic N) is 2. The van der Waals surface area contributed by atoms with Crippen LogP contribution in [0, 0.1) is 6.92 Å². The second-order valence-corrected chi connectivity index (χ2v) is 2.98. The molecule has 0 fully saturated rings. The number of carbonyl (C=O) groups excluding carboxylic acids is 1. The van der Waals surface area contributed by atoms with Crippen molar-refractivity contribution in [3.63, 3.8) is 0 Å². The van der Waals surface area contributed by atoms with Gasteiger partial charge in [-0.15, -0.1) is 0 Å². The summed E-state index contributed by atoms with van der Waals surface area (Å²) in [6, 6.07) is -0.124. The van der Waals surface area contributed by atoms with E-state index in [2.05, 4.69) is 10.5 Å². The largest absolute Gasteiger partial charge is 0.364 e. The third-order valence-corrected chi connectivity index (χ3v) is 1.69. The Labute approximate surface area is 76.7 Å². The zero-order valence-corrected chi connectivity index (χ0v) is 8.00. The maximum absolute atomic E-state index is 11.1. The van der Waals surface area contributed by atoms with E-state index >= 15 is 0 Å². The number of urea groups is 1. The number of carbonyl (C=O) groups is 1. The van der Waals surface area contributed by atoms with Crippen molar-refractivity contribution in [2.45, 2.75) is 13.5 Å². The fraction of sp³-hybridized carbons (Fsp3) is 0.500. The van der Waals surface area contributed by atoms with Gasteiger partial charge in [-0.3, -0.25) is 0 Å². The SMILES string of the molecule is Cc1nocc1CNC(=O)N(C)C. The van der Waals surface area contributed by atoms with Crippen molar-refractivity contribution >= 4 is 6.03 Å². The summed E-state index contributed by atoms with van der Waals surface area (Å²) in [7, 11) is 3.38. The minimum absolute atomic E-state index is 0.124. The summed E-state index contributed by atoms with van der Waals surface area (Å²) in [5, 5.41) is 6.41. The fourth-order valence-electron chi connectivity index (χ4n) is 0.811. The van der Waals surface area contributed by atoms with Gasteiger partial charge in [0.1, 0.15) is 6.26 Å². The number of rotatable bonds is 2. The van der Waals surface area contributed by atoms with Gasteiger partial charge in [0.05, 0.1) is 5.69 Å². The summed E-state index contributed by atoms with van der Waals surface area (Å²) >= 11 is 0. The van der Waals surface area contributed by atoms with Crippen LogP contribution >= 0.6 is 0 Å². The molecule has 0 radical (unpaired) electrons. The van der Waals surface area contributed by atoms with Gasteiger partial charge >= 0.3 is 6.03 Å². The van der Waals surface area contributed by atoms with Crippen LogP contribution in [0.4, 0.5) is 4.79 Å². The maximum Gasteiger partial charge on any atom is 0.317 e. The van der Waals surface area contributed by atoms with Gasteiger partial charge in [-0.2, -0.15) is 0 Å². The summed E-state index contributed by atoms with van der Waals surface area (Å²) in [6.07, 6.45) is 1.53. The van der Waals surface area contributed by atoms with Gasteiger partial charge in [0, 0.05) is 26.2 Å². The third kappa shape index (κ3) is 2.47. The molecule has 5 heteroatoms. The van der Waals surface area contributed by atoms with Crippen LogP contribution in [0.5, 0.6) is 0 Å².